The van der Waals surface area contributed by atoms with E-state index in [0.717, 1.165) is 77.2 Å². The van der Waals surface area contributed by atoms with Gasteiger partial charge in [0.1, 0.15) is 11.2 Å². The van der Waals surface area contributed by atoms with Gasteiger partial charge in [-0.05, 0) is 89.3 Å². The molecule has 2 heterocycles. The van der Waals surface area contributed by atoms with Gasteiger partial charge in [0, 0.05) is 27.5 Å². The Hall–Kier alpha value is -8.98. The summed E-state index contributed by atoms with van der Waals surface area (Å²) in [7, 11) is 0. The molecule has 12 aromatic rings. The molecule has 0 bridgehead atoms. The molecule has 0 aliphatic heterocycles. The second-order valence-corrected chi connectivity index (χ2v) is 16.5. The topological polar surface area (TPSA) is 56.2 Å². The fourth-order valence-electron chi connectivity index (χ4n) is 9.95. The van der Waals surface area contributed by atoms with Crippen LogP contribution in [0, 0.1) is 6.57 Å². The molecule has 5 nitrogen and oxygen atoms in total. The number of hydrogen-bond donors (Lipinski definition) is 0. The Labute approximate surface area is 374 Å². The van der Waals surface area contributed by atoms with E-state index in [1.165, 1.54) is 38.6 Å². The number of rotatable bonds is 6. The van der Waals surface area contributed by atoms with Crippen LogP contribution in [0.5, 0.6) is 0 Å². The van der Waals surface area contributed by atoms with Crippen molar-refractivity contribution >= 4 is 49.2 Å². The SMILES string of the molecule is [C-]#[N+]c1cccc2c(-c3ccc(-c4ccc5c6c(ccc(-c7ccc(-c8nc(-c9ccccc9)nc(-c9cccc%10oc%11ccccc%11c9%10)n8)cc7)c46)-c4ccccc4-5)cc3)cccc12. The third-order valence-corrected chi connectivity index (χ3v) is 13.0. The molecule has 300 valence electrons. The van der Waals surface area contributed by atoms with E-state index in [2.05, 4.69) is 126 Å². The van der Waals surface area contributed by atoms with Crippen LogP contribution in [0.1, 0.15) is 0 Å². The van der Waals surface area contributed by atoms with Crippen molar-refractivity contribution in [3.8, 4) is 89.8 Å². The number of nitrogens with zero attached hydrogens (tertiary/aromatic N) is 4. The molecule has 2 aromatic heterocycles. The maximum Gasteiger partial charge on any atom is 0.194 e. The Morgan fingerprint density at radius 1 is 0.292 bits per heavy atom. The van der Waals surface area contributed by atoms with Crippen molar-refractivity contribution in [1.82, 2.24) is 15.0 Å². The molecule has 0 unspecified atom stereocenters. The molecule has 0 N–H and O–H groups in total. The van der Waals surface area contributed by atoms with E-state index in [0.29, 0.717) is 23.2 Å². The lowest BCUT2D eigenvalue weighted by Gasteiger charge is -2.16. The van der Waals surface area contributed by atoms with Crippen LogP contribution < -0.4 is 0 Å². The lowest BCUT2D eigenvalue weighted by molar-refractivity contribution is 0.669. The number of hydrogen-bond acceptors (Lipinski definition) is 4. The first kappa shape index (κ1) is 36.7. The highest BCUT2D eigenvalue weighted by Crippen LogP contribution is 2.52. The van der Waals surface area contributed by atoms with E-state index in [1.54, 1.807) is 0 Å². The fourth-order valence-corrected chi connectivity index (χ4v) is 9.95. The summed E-state index contributed by atoms with van der Waals surface area (Å²) in [5.74, 6) is 1.79. The van der Waals surface area contributed by atoms with Gasteiger partial charge in [-0.15, -0.1) is 0 Å². The first-order chi connectivity index (χ1) is 32.2. The Morgan fingerprint density at radius 2 is 0.754 bits per heavy atom. The predicted molar refractivity (Wildman–Crippen MR) is 265 cm³/mol. The second kappa shape index (κ2) is 14.6. The molecule has 0 saturated carbocycles. The second-order valence-electron chi connectivity index (χ2n) is 16.5. The maximum atomic E-state index is 7.72. The summed E-state index contributed by atoms with van der Waals surface area (Å²) in [4.78, 5) is 19.1. The Balaban J connectivity index is 0.950. The largest absolute Gasteiger partial charge is 0.456 e. The first-order valence-corrected chi connectivity index (χ1v) is 21.7. The van der Waals surface area contributed by atoms with Gasteiger partial charge in [-0.25, -0.2) is 19.8 Å². The van der Waals surface area contributed by atoms with Crippen LogP contribution in [0.2, 0.25) is 0 Å². The van der Waals surface area contributed by atoms with Gasteiger partial charge in [0.2, 0.25) is 0 Å². The van der Waals surface area contributed by atoms with Gasteiger partial charge >= 0.3 is 0 Å². The molecule has 1 aliphatic carbocycles. The lowest BCUT2D eigenvalue weighted by atomic mass is 9.87. The molecular formula is C60H34N4O. The van der Waals surface area contributed by atoms with Gasteiger partial charge in [0.05, 0.1) is 6.57 Å². The third kappa shape index (κ3) is 5.82. The first-order valence-electron chi connectivity index (χ1n) is 21.7. The van der Waals surface area contributed by atoms with Crippen LogP contribution in [0.4, 0.5) is 5.69 Å². The molecule has 1 aliphatic rings. The van der Waals surface area contributed by atoms with Gasteiger partial charge in [0.15, 0.2) is 23.2 Å². The van der Waals surface area contributed by atoms with E-state index in [4.69, 9.17) is 25.9 Å². The standard InChI is InChI=1S/C60H34N4O/c1-61-52-21-10-18-44-41(17-9-19-47(44)52)36-24-26-37(27-25-36)42-32-34-48-45-14-5-6-15-46(45)49-35-33-43(56(42)57(48)49)38-28-30-40(31-29-38)59-62-58(39-12-3-2-4-13-39)63-60(64-59)51-20-11-23-54-55(51)50-16-7-8-22-53(50)65-54/h2-35H. The molecule has 0 fully saturated rings. The van der Waals surface area contributed by atoms with Crippen molar-refractivity contribution in [3.05, 3.63) is 218 Å². The summed E-state index contributed by atoms with van der Waals surface area (Å²) in [6.07, 6.45) is 0. The Morgan fingerprint density at radius 3 is 1.45 bits per heavy atom. The summed E-state index contributed by atoms with van der Waals surface area (Å²) in [5.41, 5.74) is 16.8. The summed E-state index contributed by atoms with van der Waals surface area (Å²) in [6.45, 7) is 7.72. The summed E-state index contributed by atoms with van der Waals surface area (Å²) < 4.78 is 6.27. The minimum absolute atomic E-state index is 0.589. The van der Waals surface area contributed by atoms with Crippen LogP contribution >= 0.6 is 0 Å². The zero-order chi connectivity index (χ0) is 43.0. The number of furan rings is 1. The summed E-state index contributed by atoms with van der Waals surface area (Å²) >= 11 is 0. The van der Waals surface area contributed by atoms with E-state index < -0.39 is 0 Å². The van der Waals surface area contributed by atoms with Crippen LogP contribution in [-0.2, 0) is 0 Å². The smallest absolute Gasteiger partial charge is 0.194 e. The predicted octanol–water partition coefficient (Wildman–Crippen LogP) is 16.3. The fraction of sp³-hybridized carbons (Fsp3) is 0. The monoisotopic (exact) mass is 826 g/mol. The number of aromatic nitrogens is 3. The average Bonchev–Trinajstić information content (AvgIpc) is 3.93. The van der Waals surface area contributed by atoms with Crippen LogP contribution in [0.25, 0.3) is 138 Å². The summed E-state index contributed by atoms with van der Waals surface area (Å²) in [6, 6.07) is 71.9. The quantitative estimate of drug-likeness (QED) is 0.157. The summed E-state index contributed by atoms with van der Waals surface area (Å²) in [5, 5.41) is 6.55. The van der Waals surface area contributed by atoms with Crippen molar-refractivity contribution in [1.29, 1.82) is 0 Å². The molecule has 65 heavy (non-hydrogen) atoms. The number of benzene rings is 10. The van der Waals surface area contributed by atoms with E-state index in [9.17, 15) is 0 Å². The molecule has 0 amide bonds. The van der Waals surface area contributed by atoms with E-state index >= 15 is 0 Å². The van der Waals surface area contributed by atoms with Crippen molar-refractivity contribution in [3.63, 3.8) is 0 Å². The average molecular weight is 827 g/mol. The Kier molecular flexibility index (Phi) is 8.21. The zero-order valence-electron chi connectivity index (χ0n) is 34.8. The normalized spacial score (nSPS) is 11.7. The molecule has 10 aromatic carbocycles. The highest BCUT2D eigenvalue weighted by molar-refractivity contribution is 6.22. The minimum atomic E-state index is 0.589. The van der Waals surface area contributed by atoms with E-state index in [1.807, 2.05) is 84.9 Å². The van der Waals surface area contributed by atoms with Crippen molar-refractivity contribution in [2.45, 2.75) is 0 Å². The number of fused-ring (bicyclic) bond motifs is 7. The maximum absolute atomic E-state index is 7.72. The van der Waals surface area contributed by atoms with Crippen molar-refractivity contribution in [2.75, 3.05) is 0 Å². The molecule has 0 radical (unpaired) electrons. The van der Waals surface area contributed by atoms with Crippen LogP contribution in [0.15, 0.2) is 211 Å². The molecule has 0 spiro atoms. The van der Waals surface area contributed by atoms with Gasteiger partial charge in [0.25, 0.3) is 0 Å². The van der Waals surface area contributed by atoms with Gasteiger partial charge in [-0.1, -0.05) is 194 Å². The molecule has 0 atom stereocenters. The zero-order valence-corrected chi connectivity index (χ0v) is 34.8. The molecule has 0 saturated heterocycles. The molecule has 13 rings (SSSR count). The van der Waals surface area contributed by atoms with Gasteiger partial charge in [-0.2, -0.15) is 0 Å². The van der Waals surface area contributed by atoms with Gasteiger partial charge in [-0.3, -0.25) is 0 Å². The Bertz CT molecular complexity index is 3910. The minimum Gasteiger partial charge on any atom is -0.456 e. The van der Waals surface area contributed by atoms with Crippen molar-refractivity contribution in [2.24, 2.45) is 0 Å². The van der Waals surface area contributed by atoms with Gasteiger partial charge < -0.3 is 4.42 Å². The van der Waals surface area contributed by atoms with Crippen LogP contribution in [0.3, 0.4) is 0 Å². The lowest BCUT2D eigenvalue weighted by Crippen LogP contribution is -2.00. The highest BCUT2D eigenvalue weighted by Gasteiger charge is 2.25. The van der Waals surface area contributed by atoms with Crippen LogP contribution in [-0.4, -0.2) is 15.0 Å². The van der Waals surface area contributed by atoms with E-state index in [-0.39, 0.29) is 0 Å². The molecular weight excluding hydrogens is 793 g/mol. The molecule has 5 heteroatoms. The highest BCUT2D eigenvalue weighted by atomic mass is 16.3. The third-order valence-electron chi connectivity index (χ3n) is 13.0. The van der Waals surface area contributed by atoms with Crippen molar-refractivity contribution < 1.29 is 4.42 Å². The number of para-hydroxylation sites is 1.